The van der Waals surface area contributed by atoms with Crippen molar-refractivity contribution in [3.05, 3.63) is 40.3 Å². The van der Waals surface area contributed by atoms with Crippen molar-refractivity contribution in [2.45, 2.75) is 13.0 Å². The third kappa shape index (κ3) is 2.43. The lowest BCUT2D eigenvalue weighted by Crippen LogP contribution is -2.10. The Bertz CT molecular complexity index is 554. The van der Waals surface area contributed by atoms with Gasteiger partial charge in [0, 0.05) is 11.6 Å². The Balaban J connectivity index is 2.24. The lowest BCUT2D eigenvalue weighted by molar-refractivity contribution is 0.0698. The highest BCUT2D eigenvalue weighted by Crippen LogP contribution is 2.27. The molecule has 6 heteroatoms. The van der Waals surface area contributed by atoms with Gasteiger partial charge in [0.2, 0.25) is 0 Å². The molecule has 0 aliphatic heterocycles. The fourth-order valence-electron chi connectivity index (χ4n) is 1.62. The van der Waals surface area contributed by atoms with E-state index in [0.29, 0.717) is 5.69 Å². The number of anilines is 2. The SMILES string of the molecule is CC(Nc1cccc(C(=O)O)c1N)c1nccs1. The van der Waals surface area contributed by atoms with E-state index in [2.05, 4.69) is 10.3 Å². The van der Waals surface area contributed by atoms with Crippen molar-refractivity contribution in [2.24, 2.45) is 0 Å². The number of rotatable bonds is 4. The van der Waals surface area contributed by atoms with Gasteiger partial charge in [-0.15, -0.1) is 11.3 Å². The molecule has 0 bridgehead atoms. The summed E-state index contributed by atoms with van der Waals surface area (Å²) in [6, 6.07) is 4.89. The molecule has 0 spiro atoms. The predicted molar refractivity (Wildman–Crippen MR) is 72.0 cm³/mol. The molecule has 2 rings (SSSR count). The first-order chi connectivity index (χ1) is 8.59. The van der Waals surface area contributed by atoms with Crippen LogP contribution in [0.25, 0.3) is 0 Å². The molecule has 1 aromatic carbocycles. The Morgan fingerprint density at radius 3 is 2.94 bits per heavy atom. The molecular weight excluding hydrogens is 250 g/mol. The molecule has 0 saturated heterocycles. The number of carbonyl (C=O) groups is 1. The first kappa shape index (κ1) is 12.4. The van der Waals surface area contributed by atoms with Gasteiger partial charge >= 0.3 is 5.97 Å². The van der Waals surface area contributed by atoms with E-state index in [-0.39, 0.29) is 17.3 Å². The van der Waals surface area contributed by atoms with Crippen LogP contribution in [0.1, 0.15) is 28.3 Å². The summed E-state index contributed by atoms with van der Waals surface area (Å²) < 4.78 is 0. The van der Waals surface area contributed by atoms with Gasteiger partial charge < -0.3 is 16.2 Å². The van der Waals surface area contributed by atoms with Gasteiger partial charge in [0.1, 0.15) is 5.01 Å². The first-order valence-corrected chi connectivity index (χ1v) is 6.25. The highest BCUT2D eigenvalue weighted by atomic mass is 32.1. The highest BCUT2D eigenvalue weighted by molar-refractivity contribution is 7.09. The van der Waals surface area contributed by atoms with Crippen molar-refractivity contribution in [1.29, 1.82) is 0 Å². The summed E-state index contributed by atoms with van der Waals surface area (Å²) in [5.41, 5.74) is 6.78. The third-order valence-corrected chi connectivity index (χ3v) is 3.49. The summed E-state index contributed by atoms with van der Waals surface area (Å²) in [6.07, 6.45) is 1.73. The molecule has 18 heavy (non-hydrogen) atoms. The van der Waals surface area contributed by atoms with E-state index in [1.165, 1.54) is 17.4 Å². The second-order valence-corrected chi connectivity index (χ2v) is 4.73. The molecule has 0 aliphatic carbocycles. The summed E-state index contributed by atoms with van der Waals surface area (Å²) in [7, 11) is 0. The fourth-order valence-corrected chi connectivity index (χ4v) is 2.27. The number of aromatic carboxylic acids is 1. The maximum atomic E-state index is 11.0. The Hall–Kier alpha value is -2.08. The number of nitrogen functional groups attached to an aromatic ring is 1. The standard InChI is InChI=1S/C12H13N3O2S/c1-7(11-14-5-6-18-11)15-9-4-2-3-8(10(9)13)12(16)17/h2-7,15H,13H2,1H3,(H,16,17). The smallest absolute Gasteiger partial charge is 0.337 e. The lowest BCUT2D eigenvalue weighted by atomic mass is 10.1. The van der Waals surface area contributed by atoms with E-state index in [1.807, 2.05) is 12.3 Å². The van der Waals surface area contributed by atoms with Crippen LogP contribution < -0.4 is 11.1 Å². The lowest BCUT2D eigenvalue weighted by Gasteiger charge is -2.15. The molecule has 94 valence electrons. The molecule has 0 radical (unpaired) electrons. The second-order valence-electron chi connectivity index (χ2n) is 3.81. The predicted octanol–water partition coefficient (Wildman–Crippen LogP) is 2.60. The van der Waals surface area contributed by atoms with E-state index in [9.17, 15) is 4.79 Å². The van der Waals surface area contributed by atoms with E-state index in [4.69, 9.17) is 10.8 Å². The molecule has 1 unspecified atom stereocenters. The van der Waals surface area contributed by atoms with Gasteiger partial charge in [-0.05, 0) is 19.1 Å². The van der Waals surface area contributed by atoms with Crippen LogP contribution in [0.15, 0.2) is 29.8 Å². The van der Waals surface area contributed by atoms with Gasteiger partial charge in [0.05, 0.1) is 23.0 Å². The van der Waals surface area contributed by atoms with E-state index >= 15 is 0 Å². The normalized spacial score (nSPS) is 12.1. The largest absolute Gasteiger partial charge is 0.478 e. The van der Waals surface area contributed by atoms with Gasteiger partial charge in [-0.3, -0.25) is 0 Å². The average molecular weight is 263 g/mol. The van der Waals surface area contributed by atoms with Crippen LogP contribution in [0, 0.1) is 0 Å². The zero-order valence-corrected chi connectivity index (χ0v) is 10.6. The minimum absolute atomic E-state index is 0.0173. The number of nitrogens with zero attached hydrogens (tertiary/aromatic N) is 1. The second kappa shape index (κ2) is 5.05. The summed E-state index contributed by atoms with van der Waals surface area (Å²) in [4.78, 5) is 15.2. The molecule has 1 aromatic heterocycles. The van der Waals surface area contributed by atoms with Crippen molar-refractivity contribution < 1.29 is 9.90 Å². The van der Waals surface area contributed by atoms with Crippen molar-refractivity contribution in [2.75, 3.05) is 11.1 Å². The molecule has 0 aliphatic rings. The van der Waals surface area contributed by atoms with Crippen LogP contribution in [0.4, 0.5) is 11.4 Å². The number of nitrogens with one attached hydrogen (secondary N) is 1. The summed E-state index contributed by atoms with van der Waals surface area (Å²) in [5, 5.41) is 15.0. The number of carboxylic acid groups (broad SMARTS) is 1. The zero-order valence-electron chi connectivity index (χ0n) is 9.75. The molecule has 0 saturated carbocycles. The maximum Gasteiger partial charge on any atom is 0.337 e. The van der Waals surface area contributed by atoms with Crippen LogP contribution in [0.2, 0.25) is 0 Å². The van der Waals surface area contributed by atoms with Crippen LogP contribution >= 0.6 is 11.3 Å². The number of benzene rings is 1. The van der Waals surface area contributed by atoms with Crippen molar-refractivity contribution in [1.82, 2.24) is 4.98 Å². The van der Waals surface area contributed by atoms with Gasteiger partial charge in [-0.25, -0.2) is 9.78 Å². The van der Waals surface area contributed by atoms with Gasteiger partial charge in [0.25, 0.3) is 0 Å². The minimum Gasteiger partial charge on any atom is -0.478 e. The third-order valence-electron chi connectivity index (χ3n) is 2.53. The fraction of sp³-hybridized carbons (Fsp3) is 0.167. The van der Waals surface area contributed by atoms with Crippen molar-refractivity contribution in [3.63, 3.8) is 0 Å². The Morgan fingerprint density at radius 2 is 2.33 bits per heavy atom. The highest BCUT2D eigenvalue weighted by Gasteiger charge is 2.14. The van der Waals surface area contributed by atoms with Crippen molar-refractivity contribution in [3.8, 4) is 0 Å². The van der Waals surface area contributed by atoms with Crippen LogP contribution in [-0.4, -0.2) is 16.1 Å². The first-order valence-electron chi connectivity index (χ1n) is 5.37. The molecule has 1 heterocycles. The van der Waals surface area contributed by atoms with Gasteiger partial charge in [-0.2, -0.15) is 0 Å². The van der Waals surface area contributed by atoms with Crippen molar-refractivity contribution >= 4 is 28.7 Å². The minimum atomic E-state index is -1.03. The van der Waals surface area contributed by atoms with Crippen LogP contribution in [0.3, 0.4) is 0 Å². The van der Waals surface area contributed by atoms with Gasteiger partial charge in [-0.1, -0.05) is 6.07 Å². The average Bonchev–Trinajstić information content (AvgIpc) is 2.85. The van der Waals surface area contributed by atoms with E-state index in [1.54, 1.807) is 18.3 Å². The maximum absolute atomic E-state index is 11.0. The van der Waals surface area contributed by atoms with Gasteiger partial charge in [0.15, 0.2) is 0 Å². The number of aromatic nitrogens is 1. The summed E-state index contributed by atoms with van der Waals surface area (Å²) in [6.45, 7) is 1.95. The van der Waals surface area contributed by atoms with E-state index in [0.717, 1.165) is 5.01 Å². The number of nitrogens with two attached hydrogens (primary N) is 1. The molecule has 0 amide bonds. The number of para-hydroxylation sites is 1. The monoisotopic (exact) mass is 263 g/mol. The molecule has 1 atom stereocenters. The Morgan fingerprint density at radius 1 is 1.56 bits per heavy atom. The molecule has 5 nitrogen and oxygen atoms in total. The topological polar surface area (TPSA) is 88.2 Å². The quantitative estimate of drug-likeness (QED) is 0.738. The van der Waals surface area contributed by atoms with E-state index < -0.39 is 5.97 Å². The molecule has 2 aromatic rings. The Labute approximate surface area is 108 Å². The van der Waals surface area contributed by atoms with Crippen LogP contribution in [0.5, 0.6) is 0 Å². The number of carboxylic acids is 1. The Kier molecular flexibility index (Phi) is 3.47. The van der Waals surface area contributed by atoms with Crippen LogP contribution in [-0.2, 0) is 0 Å². The molecular formula is C12H13N3O2S. The number of hydrogen-bond acceptors (Lipinski definition) is 5. The summed E-state index contributed by atoms with van der Waals surface area (Å²) >= 11 is 1.54. The summed E-state index contributed by atoms with van der Waals surface area (Å²) in [5.74, 6) is -1.03. The zero-order chi connectivity index (χ0) is 13.1. The number of thiazole rings is 1. The molecule has 4 N–H and O–H groups in total. The molecule has 0 fully saturated rings. The number of hydrogen-bond donors (Lipinski definition) is 3.